The molecule has 0 unspecified atom stereocenters. The number of benzene rings is 2. The maximum atomic E-state index is 12.6. The van der Waals surface area contributed by atoms with Gasteiger partial charge < -0.3 is 15.4 Å². The van der Waals surface area contributed by atoms with E-state index in [2.05, 4.69) is 15.6 Å². The van der Waals surface area contributed by atoms with Gasteiger partial charge in [0.15, 0.2) is 0 Å². The van der Waals surface area contributed by atoms with Crippen LogP contribution in [0.15, 0.2) is 60.8 Å². The number of aryl methyl sites for hydroxylation is 2. The molecule has 0 spiro atoms. The lowest BCUT2D eigenvalue weighted by Gasteiger charge is -2.11. The second-order valence-corrected chi connectivity index (χ2v) is 6.56. The van der Waals surface area contributed by atoms with E-state index in [0.29, 0.717) is 17.9 Å². The minimum absolute atomic E-state index is 0.173. The molecule has 148 valence electrons. The fourth-order valence-corrected chi connectivity index (χ4v) is 2.89. The Bertz CT molecular complexity index is 1010. The van der Waals surface area contributed by atoms with Crippen molar-refractivity contribution in [1.82, 2.24) is 4.98 Å². The predicted octanol–water partition coefficient (Wildman–Crippen LogP) is 4.60. The molecule has 2 N–H and O–H groups in total. The quantitative estimate of drug-likeness (QED) is 0.646. The molecule has 0 aliphatic rings. The Kier molecular flexibility index (Phi) is 6.24. The molecule has 29 heavy (non-hydrogen) atoms. The number of hydrogen-bond acceptors (Lipinski definition) is 4. The molecule has 1 heterocycles. The van der Waals surface area contributed by atoms with Crippen LogP contribution in [0.2, 0.25) is 0 Å². The van der Waals surface area contributed by atoms with E-state index < -0.39 is 0 Å². The van der Waals surface area contributed by atoms with Gasteiger partial charge in [0, 0.05) is 23.1 Å². The van der Waals surface area contributed by atoms with Crippen molar-refractivity contribution in [1.29, 1.82) is 0 Å². The van der Waals surface area contributed by atoms with E-state index in [1.807, 2.05) is 39.0 Å². The largest absolute Gasteiger partial charge is 0.494 e. The fourth-order valence-electron chi connectivity index (χ4n) is 2.89. The van der Waals surface area contributed by atoms with Crippen LogP contribution in [-0.2, 0) is 0 Å². The van der Waals surface area contributed by atoms with E-state index in [0.717, 1.165) is 22.6 Å². The lowest BCUT2D eigenvalue weighted by atomic mass is 10.1. The van der Waals surface area contributed by atoms with Gasteiger partial charge in [0.25, 0.3) is 11.8 Å². The molecule has 6 nitrogen and oxygen atoms in total. The standard InChI is InChI=1S/C23H23N3O3/c1-4-29-19-10-8-18(9-11-19)25-22(27)17-12-13-24-20(14-17)23(28)26-21-15(2)6-5-7-16(21)3/h5-14H,4H2,1-3H3,(H,25,27)(H,26,28). The monoisotopic (exact) mass is 389 g/mol. The molecule has 0 atom stereocenters. The van der Waals surface area contributed by atoms with Crippen LogP contribution in [0.4, 0.5) is 11.4 Å². The predicted molar refractivity (Wildman–Crippen MR) is 114 cm³/mol. The molecule has 0 aliphatic carbocycles. The first-order chi connectivity index (χ1) is 14.0. The van der Waals surface area contributed by atoms with Gasteiger partial charge in [0.1, 0.15) is 11.4 Å². The molecular weight excluding hydrogens is 366 g/mol. The van der Waals surface area contributed by atoms with Gasteiger partial charge in [-0.15, -0.1) is 0 Å². The van der Waals surface area contributed by atoms with E-state index in [4.69, 9.17) is 4.74 Å². The summed E-state index contributed by atoms with van der Waals surface area (Å²) in [5, 5.41) is 5.69. The SMILES string of the molecule is CCOc1ccc(NC(=O)c2ccnc(C(=O)Nc3c(C)cccc3C)c2)cc1. The van der Waals surface area contributed by atoms with Crippen LogP contribution < -0.4 is 15.4 Å². The summed E-state index contributed by atoms with van der Waals surface area (Å²) in [7, 11) is 0. The summed E-state index contributed by atoms with van der Waals surface area (Å²) in [6, 6.07) is 15.9. The van der Waals surface area contributed by atoms with Crippen molar-refractivity contribution >= 4 is 23.2 Å². The second kappa shape index (κ2) is 9.01. The van der Waals surface area contributed by atoms with Gasteiger partial charge in [-0.2, -0.15) is 0 Å². The summed E-state index contributed by atoms with van der Waals surface area (Å²) in [4.78, 5) is 29.3. The molecular formula is C23H23N3O3. The van der Waals surface area contributed by atoms with E-state index in [1.54, 1.807) is 30.3 Å². The van der Waals surface area contributed by atoms with Crippen LogP contribution in [0, 0.1) is 13.8 Å². The topological polar surface area (TPSA) is 80.3 Å². The summed E-state index contributed by atoms with van der Waals surface area (Å²) in [6.45, 7) is 6.34. The minimum Gasteiger partial charge on any atom is -0.494 e. The molecule has 0 fully saturated rings. The number of rotatable bonds is 6. The number of carbonyl (C=O) groups is 2. The van der Waals surface area contributed by atoms with Gasteiger partial charge in [-0.25, -0.2) is 0 Å². The number of nitrogens with one attached hydrogen (secondary N) is 2. The highest BCUT2D eigenvalue weighted by Gasteiger charge is 2.14. The average molecular weight is 389 g/mol. The molecule has 3 aromatic rings. The number of aromatic nitrogens is 1. The molecule has 2 aromatic carbocycles. The van der Waals surface area contributed by atoms with Crippen LogP contribution in [-0.4, -0.2) is 23.4 Å². The number of ether oxygens (including phenoxy) is 1. The van der Waals surface area contributed by atoms with Gasteiger partial charge in [0.2, 0.25) is 0 Å². The summed E-state index contributed by atoms with van der Waals surface area (Å²) >= 11 is 0. The summed E-state index contributed by atoms with van der Waals surface area (Å²) in [5.74, 6) is 0.0515. The maximum absolute atomic E-state index is 12.6. The van der Waals surface area contributed by atoms with Gasteiger partial charge in [-0.05, 0) is 68.3 Å². The summed E-state index contributed by atoms with van der Waals surface area (Å²) in [5.41, 5.74) is 3.83. The third-order valence-corrected chi connectivity index (χ3v) is 4.40. The highest BCUT2D eigenvalue weighted by Crippen LogP contribution is 2.20. The van der Waals surface area contributed by atoms with E-state index in [-0.39, 0.29) is 17.5 Å². The number of pyridine rings is 1. The Hall–Kier alpha value is -3.67. The number of anilines is 2. The zero-order valence-electron chi connectivity index (χ0n) is 16.7. The van der Waals surface area contributed by atoms with Crippen molar-refractivity contribution in [2.45, 2.75) is 20.8 Å². The molecule has 1 aromatic heterocycles. The van der Waals surface area contributed by atoms with Gasteiger partial charge in [-0.3, -0.25) is 14.6 Å². The van der Waals surface area contributed by atoms with E-state index >= 15 is 0 Å². The fraction of sp³-hybridized carbons (Fsp3) is 0.174. The summed E-state index contributed by atoms with van der Waals surface area (Å²) in [6.07, 6.45) is 1.45. The second-order valence-electron chi connectivity index (χ2n) is 6.56. The van der Waals surface area contributed by atoms with Crippen molar-refractivity contribution < 1.29 is 14.3 Å². The Balaban J connectivity index is 1.73. The number of nitrogens with zero attached hydrogens (tertiary/aromatic N) is 1. The van der Waals surface area contributed by atoms with Crippen LogP contribution >= 0.6 is 0 Å². The lowest BCUT2D eigenvalue weighted by Crippen LogP contribution is -2.17. The van der Waals surface area contributed by atoms with Crippen molar-refractivity contribution in [2.24, 2.45) is 0 Å². The van der Waals surface area contributed by atoms with Crippen molar-refractivity contribution in [3.63, 3.8) is 0 Å². The zero-order chi connectivity index (χ0) is 20.8. The first-order valence-corrected chi connectivity index (χ1v) is 9.35. The number of amides is 2. The van der Waals surface area contributed by atoms with Crippen LogP contribution in [0.25, 0.3) is 0 Å². The molecule has 0 aliphatic heterocycles. The molecule has 0 radical (unpaired) electrons. The van der Waals surface area contributed by atoms with Gasteiger partial charge in [0.05, 0.1) is 6.61 Å². The number of para-hydroxylation sites is 1. The third kappa shape index (κ3) is 4.99. The third-order valence-electron chi connectivity index (χ3n) is 4.40. The summed E-state index contributed by atoms with van der Waals surface area (Å²) < 4.78 is 5.39. The Morgan fingerprint density at radius 3 is 2.28 bits per heavy atom. The van der Waals surface area contributed by atoms with Crippen LogP contribution in [0.5, 0.6) is 5.75 Å². The molecule has 3 rings (SSSR count). The zero-order valence-corrected chi connectivity index (χ0v) is 16.7. The number of hydrogen-bond donors (Lipinski definition) is 2. The minimum atomic E-state index is -0.363. The first kappa shape index (κ1) is 20.1. The Morgan fingerprint density at radius 1 is 0.931 bits per heavy atom. The Morgan fingerprint density at radius 2 is 1.62 bits per heavy atom. The molecule has 0 saturated heterocycles. The van der Waals surface area contributed by atoms with Crippen molar-refractivity contribution in [3.05, 3.63) is 83.2 Å². The van der Waals surface area contributed by atoms with E-state index in [1.165, 1.54) is 12.3 Å². The highest BCUT2D eigenvalue weighted by atomic mass is 16.5. The van der Waals surface area contributed by atoms with Crippen LogP contribution in [0.3, 0.4) is 0 Å². The van der Waals surface area contributed by atoms with E-state index in [9.17, 15) is 9.59 Å². The Labute approximate surface area is 169 Å². The van der Waals surface area contributed by atoms with Crippen molar-refractivity contribution in [2.75, 3.05) is 17.2 Å². The maximum Gasteiger partial charge on any atom is 0.274 e. The molecule has 0 bridgehead atoms. The van der Waals surface area contributed by atoms with Crippen LogP contribution in [0.1, 0.15) is 38.9 Å². The van der Waals surface area contributed by atoms with Crippen molar-refractivity contribution in [3.8, 4) is 5.75 Å². The smallest absolute Gasteiger partial charge is 0.274 e. The number of carbonyl (C=O) groups excluding carboxylic acids is 2. The normalized spacial score (nSPS) is 10.3. The molecule has 0 saturated carbocycles. The highest BCUT2D eigenvalue weighted by molar-refractivity contribution is 6.08. The molecule has 6 heteroatoms. The molecule has 2 amide bonds. The average Bonchev–Trinajstić information content (AvgIpc) is 2.72. The van der Waals surface area contributed by atoms with Gasteiger partial charge >= 0.3 is 0 Å². The lowest BCUT2D eigenvalue weighted by molar-refractivity contribution is 0.102. The first-order valence-electron chi connectivity index (χ1n) is 9.35. The van der Waals surface area contributed by atoms with Gasteiger partial charge in [-0.1, -0.05) is 18.2 Å².